The second-order valence-corrected chi connectivity index (χ2v) is 10.2. The Bertz CT molecular complexity index is 539. The summed E-state index contributed by atoms with van der Waals surface area (Å²) in [4.78, 5) is 26.5. The lowest BCUT2D eigenvalue weighted by Crippen LogP contribution is -2.47. The van der Waals surface area contributed by atoms with Gasteiger partial charge in [0.05, 0.1) is 19.6 Å². The fourth-order valence-electron chi connectivity index (χ4n) is 6.38. The molecule has 172 valence electrons. The molecule has 1 atom stereocenters. The van der Waals surface area contributed by atoms with Gasteiger partial charge in [0, 0.05) is 12.5 Å². The molecule has 0 aromatic rings. The standard InChI is InChI=1S/C24H41NO5/c1-4-25(5-2)7-6-8-28-23(27)30-17-18(3)16-29-22(26)15-24-12-19-9-20(13-24)11-21(10-19)14-24/h18-21H,4-17H2,1-3H3. The van der Waals surface area contributed by atoms with Gasteiger partial charge in [-0.05, 0) is 81.2 Å². The molecule has 0 amide bonds. The highest BCUT2D eigenvalue weighted by Crippen LogP contribution is 2.61. The van der Waals surface area contributed by atoms with Crippen LogP contribution in [0.2, 0.25) is 0 Å². The summed E-state index contributed by atoms with van der Waals surface area (Å²) in [6.07, 6.45) is 8.53. The van der Waals surface area contributed by atoms with E-state index in [2.05, 4.69) is 18.7 Å². The maximum absolute atomic E-state index is 12.5. The average molecular weight is 424 g/mol. The summed E-state index contributed by atoms with van der Waals surface area (Å²) in [6.45, 7) is 9.94. The molecule has 0 spiro atoms. The molecule has 30 heavy (non-hydrogen) atoms. The van der Waals surface area contributed by atoms with Crippen LogP contribution < -0.4 is 0 Å². The van der Waals surface area contributed by atoms with Crippen molar-refractivity contribution in [2.45, 2.75) is 72.1 Å². The number of carbonyl (C=O) groups is 2. The van der Waals surface area contributed by atoms with Crippen LogP contribution in [0, 0.1) is 29.1 Å². The second-order valence-electron chi connectivity index (χ2n) is 10.2. The number of ether oxygens (including phenoxy) is 3. The zero-order valence-electron chi connectivity index (χ0n) is 19.2. The Morgan fingerprint density at radius 1 is 0.933 bits per heavy atom. The number of esters is 1. The monoisotopic (exact) mass is 423 g/mol. The molecule has 0 radical (unpaired) electrons. The Hall–Kier alpha value is -1.30. The fraction of sp³-hybridized carbons (Fsp3) is 0.917. The van der Waals surface area contributed by atoms with Gasteiger partial charge in [-0.1, -0.05) is 20.8 Å². The van der Waals surface area contributed by atoms with Crippen LogP contribution >= 0.6 is 0 Å². The van der Waals surface area contributed by atoms with Crippen LogP contribution in [0.4, 0.5) is 4.79 Å². The van der Waals surface area contributed by atoms with Crippen molar-refractivity contribution in [3.05, 3.63) is 0 Å². The molecule has 0 N–H and O–H groups in total. The van der Waals surface area contributed by atoms with E-state index in [-0.39, 0.29) is 23.9 Å². The van der Waals surface area contributed by atoms with E-state index in [4.69, 9.17) is 14.2 Å². The van der Waals surface area contributed by atoms with Gasteiger partial charge in [-0.15, -0.1) is 0 Å². The summed E-state index contributed by atoms with van der Waals surface area (Å²) < 4.78 is 15.8. The Labute approximate surface area is 182 Å². The predicted molar refractivity (Wildman–Crippen MR) is 115 cm³/mol. The topological polar surface area (TPSA) is 65.1 Å². The zero-order chi connectivity index (χ0) is 21.6. The normalized spacial score (nSPS) is 30.3. The smallest absolute Gasteiger partial charge is 0.465 e. The van der Waals surface area contributed by atoms with Crippen LogP contribution in [0.5, 0.6) is 0 Å². The lowest BCUT2D eigenvalue weighted by atomic mass is 9.49. The molecular formula is C24H41NO5. The van der Waals surface area contributed by atoms with E-state index >= 15 is 0 Å². The van der Waals surface area contributed by atoms with Gasteiger partial charge in [-0.2, -0.15) is 0 Å². The van der Waals surface area contributed by atoms with Crippen LogP contribution in [0.25, 0.3) is 0 Å². The van der Waals surface area contributed by atoms with Gasteiger partial charge in [-0.25, -0.2) is 4.79 Å². The summed E-state index contributed by atoms with van der Waals surface area (Å²) in [5.74, 6) is 2.41. The molecule has 4 saturated carbocycles. The van der Waals surface area contributed by atoms with E-state index in [0.29, 0.717) is 19.6 Å². The average Bonchev–Trinajstić information content (AvgIpc) is 2.69. The molecule has 4 fully saturated rings. The number of nitrogens with zero attached hydrogens (tertiary/aromatic N) is 1. The minimum absolute atomic E-state index is 0.0338. The molecule has 4 aliphatic rings. The lowest BCUT2D eigenvalue weighted by molar-refractivity contribution is -0.153. The molecule has 6 nitrogen and oxygen atoms in total. The molecule has 0 aliphatic heterocycles. The van der Waals surface area contributed by atoms with Crippen LogP contribution in [-0.4, -0.2) is 56.5 Å². The van der Waals surface area contributed by atoms with Crippen molar-refractivity contribution in [1.29, 1.82) is 0 Å². The zero-order valence-corrected chi connectivity index (χ0v) is 19.2. The first-order valence-electron chi connectivity index (χ1n) is 12.1. The molecule has 0 saturated heterocycles. The summed E-state index contributed by atoms with van der Waals surface area (Å²) in [7, 11) is 0. The minimum Gasteiger partial charge on any atom is -0.465 e. The molecule has 4 rings (SSSR count). The highest BCUT2D eigenvalue weighted by Gasteiger charge is 2.51. The van der Waals surface area contributed by atoms with Crippen molar-refractivity contribution >= 4 is 12.1 Å². The number of hydrogen-bond acceptors (Lipinski definition) is 6. The van der Waals surface area contributed by atoms with E-state index in [9.17, 15) is 9.59 Å². The largest absolute Gasteiger partial charge is 0.508 e. The van der Waals surface area contributed by atoms with Gasteiger partial charge in [-0.3, -0.25) is 4.79 Å². The summed E-state index contributed by atoms with van der Waals surface area (Å²) in [6, 6.07) is 0. The molecule has 0 aromatic heterocycles. The van der Waals surface area contributed by atoms with E-state index < -0.39 is 6.16 Å². The third-order valence-electron chi connectivity index (χ3n) is 7.43. The molecule has 4 bridgehead atoms. The molecule has 0 aromatic carbocycles. The van der Waals surface area contributed by atoms with Crippen LogP contribution in [-0.2, 0) is 19.0 Å². The summed E-state index contributed by atoms with van der Waals surface area (Å²) in [5, 5.41) is 0. The fourth-order valence-corrected chi connectivity index (χ4v) is 6.38. The Morgan fingerprint density at radius 2 is 1.50 bits per heavy atom. The SMILES string of the molecule is CCN(CC)CCCOC(=O)OCC(C)COC(=O)CC12CC3CC(CC(C3)C1)C2. The van der Waals surface area contributed by atoms with Crippen LogP contribution in [0.15, 0.2) is 0 Å². The predicted octanol–water partition coefficient (Wildman–Crippen LogP) is 4.66. The Kier molecular flexibility index (Phi) is 8.44. The number of carbonyl (C=O) groups excluding carboxylic acids is 2. The number of rotatable bonds is 12. The van der Waals surface area contributed by atoms with Gasteiger partial charge >= 0.3 is 12.1 Å². The first-order chi connectivity index (χ1) is 14.4. The third-order valence-corrected chi connectivity index (χ3v) is 7.43. The van der Waals surface area contributed by atoms with Gasteiger partial charge in [0.2, 0.25) is 0 Å². The van der Waals surface area contributed by atoms with Crippen molar-refractivity contribution in [2.24, 2.45) is 29.1 Å². The van der Waals surface area contributed by atoms with E-state index in [1.54, 1.807) is 0 Å². The van der Waals surface area contributed by atoms with Gasteiger partial charge < -0.3 is 19.1 Å². The molecule has 6 heteroatoms. The molecular weight excluding hydrogens is 382 g/mol. The molecule has 1 unspecified atom stereocenters. The first-order valence-corrected chi connectivity index (χ1v) is 12.1. The van der Waals surface area contributed by atoms with E-state index in [0.717, 1.165) is 43.8 Å². The Morgan fingerprint density at radius 3 is 2.07 bits per heavy atom. The number of hydrogen-bond donors (Lipinski definition) is 0. The van der Waals surface area contributed by atoms with Gasteiger partial charge in [0.1, 0.15) is 6.61 Å². The second kappa shape index (κ2) is 10.8. The summed E-state index contributed by atoms with van der Waals surface area (Å²) >= 11 is 0. The quantitative estimate of drug-likeness (QED) is 0.336. The minimum atomic E-state index is -0.638. The van der Waals surface area contributed by atoms with Crippen molar-refractivity contribution in [3.63, 3.8) is 0 Å². The molecule has 4 aliphatic carbocycles. The Balaban J connectivity index is 1.26. The third kappa shape index (κ3) is 6.60. The van der Waals surface area contributed by atoms with Gasteiger partial charge in [0.15, 0.2) is 0 Å². The van der Waals surface area contributed by atoms with Crippen molar-refractivity contribution in [3.8, 4) is 0 Å². The van der Waals surface area contributed by atoms with Crippen molar-refractivity contribution in [1.82, 2.24) is 4.90 Å². The lowest BCUT2D eigenvalue weighted by Gasteiger charge is -2.56. The first kappa shape index (κ1) is 23.4. The highest BCUT2D eigenvalue weighted by molar-refractivity contribution is 5.70. The summed E-state index contributed by atoms with van der Waals surface area (Å²) in [5.41, 5.74) is 0.209. The van der Waals surface area contributed by atoms with Crippen molar-refractivity contribution in [2.75, 3.05) is 39.5 Å². The van der Waals surface area contributed by atoms with Gasteiger partial charge in [0.25, 0.3) is 0 Å². The van der Waals surface area contributed by atoms with Crippen molar-refractivity contribution < 1.29 is 23.8 Å². The van der Waals surface area contributed by atoms with Crippen LogP contribution in [0.1, 0.15) is 72.1 Å². The maximum atomic E-state index is 12.5. The molecule has 0 heterocycles. The maximum Gasteiger partial charge on any atom is 0.508 e. The van der Waals surface area contributed by atoms with E-state index in [1.807, 2.05) is 6.92 Å². The van der Waals surface area contributed by atoms with Crippen LogP contribution in [0.3, 0.4) is 0 Å². The van der Waals surface area contributed by atoms with E-state index in [1.165, 1.54) is 38.5 Å². The highest BCUT2D eigenvalue weighted by atomic mass is 16.7.